The molecule has 1 amide bonds. The summed E-state index contributed by atoms with van der Waals surface area (Å²) in [4.78, 5) is 23.5. The molecule has 29 heavy (non-hydrogen) atoms. The minimum atomic E-state index is -0.0645. The monoisotopic (exact) mass is 388 g/mol. The summed E-state index contributed by atoms with van der Waals surface area (Å²) in [6, 6.07) is 16.1. The van der Waals surface area contributed by atoms with E-state index in [1.165, 1.54) is 11.1 Å². The predicted molar refractivity (Wildman–Crippen MR) is 114 cm³/mol. The Kier molecular flexibility index (Phi) is 5.42. The molecule has 1 aromatic heterocycles. The van der Waals surface area contributed by atoms with Gasteiger partial charge in [-0.05, 0) is 49.1 Å². The van der Waals surface area contributed by atoms with Crippen LogP contribution in [0.1, 0.15) is 28.4 Å². The Balaban J connectivity index is 1.38. The lowest BCUT2D eigenvalue weighted by Crippen LogP contribution is -2.35. The Morgan fingerprint density at radius 2 is 1.97 bits per heavy atom. The molecule has 6 heteroatoms. The van der Waals surface area contributed by atoms with Gasteiger partial charge in [0.25, 0.3) is 5.91 Å². The molecule has 1 unspecified atom stereocenters. The number of nitrogens with one attached hydrogen (secondary N) is 1. The van der Waals surface area contributed by atoms with E-state index in [0.717, 1.165) is 24.3 Å². The molecule has 0 bridgehead atoms. The number of anilines is 2. The van der Waals surface area contributed by atoms with E-state index < -0.39 is 0 Å². The van der Waals surface area contributed by atoms with Crippen molar-refractivity contribution in [2.24, 2.45) is 0 Å². The maximum atomic E-state index is 13.0. The van der Waals surface area contributed by atoms with Crippen LogP contribution in [-0.4, -0.2) is 35.6 Å². The van der Waals surface area contributed by atoms with Crippen molar-refractivity contribution in [2.75, 3.05) is 23.9 Å². The molecule has 0 saturated heterocycles. The highest BCUT2D eigenvalue weighted by molar-refractivity contribution is 6.07. The van der Waals surface area contributed by atoms with Crippen LogP contribution in [0.15, 0.2) is 60.9 Å². The number of para-hydroxylation sites is 1. The molecule has 0 saturated carbocycles. The van der Waals surface area contributed by atoms with Crippen molar-refractivity contribution in [1.82, 2.24) is 9.97 Å². The number of hydrogen-bond acceptors (Lipinski definition) is 5. The van der Waals surface area contributed by atoms with Crippen LogP contribution in [0.5, 0.6) is 5.75 Å². The minimum absolute atomic E-state index is 0.0645. The number of rotatable bonds is 6. The smallest absolute Gasteiger partial charge is 0.261 e. The number of methoxy groups -OCH3 is 1. The Hall–Kier alpha value is -3.41. The molecule has 6 nitrogen and oxygen atoms in total. The summed E-state index contributed by atoms with van der Waals surface area (Å²) >= 11 is 0. The van der Waals surface area contributed by atoms with Gasteiger partial charge in [0.1, 0.15) is 5.75 Å². The zero-order chi connectivity index (χ0) is 20.2. The Morgan fingerprint density at radius 1 is 1.17 bits per heavy atom. The van der Waals surface area contributed by atoms with Gasteiger partial charge in [0.2, 0.25) is 5.95 Å². The number of amides is 1. The van der Waals surface area contributed by atoms with Gasteiger partial charge in [-0.2, -0.15) is 0 Å². The number of hydrogen-bond donors (Lipinski definition) is 1. The molecule has 2 heterocycles. The number of nitrogens with zero attached hydrogens (tertiary/aromatic N) is 3. The van der Waals surface area contributed by atoms with E-state index in [2.05, 4.69) is 34.3 Å². The van der Waals surface area contributed by atoms with Gasteiger partial charge in [-0.15, -0.1) is 0 Å². The normalized spacial score (nSPS) is 15.1. The third kappa shape index (κ3) is 4.06. The van der Waals surface area contributed by atoms with Crippen molar-refractivity contribution in [3.63, 3.8) is 0 Å². The maximum Gasteiger partial charge on any atom is 0.261 e. The molecule has 1 aliphatic rings. The lowest BCUT2D eigenvalue weighted by molar-refractivity contribution is 0.0981. The number of aromatic nitrogens is 2. The zero-order valence-corrected chi connectivity index (χ0v) is 16.6. The summed E-state index contributed by atoms with van der Waals surface area (Å²) in [5, 5.41) is 3.20. The second-order valence-corrected chi connectivity index (χ2v) is 7.18. The van der Waals surface area contributed by atoms with Crippen LogP contribution in [0.25, 0.3) is 0 Å². The average molecular weight is 388 g/mol. The number of fused-ring (bicyclic) bond motifs is 1. The second kappa shape index (κ2) is 8.31. The molecule has 1 N–H and O–H groups in total. The summed E-state index contributed by atoms with van der Waals surface area (Å²) in [5.41, 5.74) is 3.84. The molecular formula is C23H24N4O2. The first-order chi connectivity index (χ1) is 14.2. The van der Waals surface area contributed by atoms with Crippen molar-refractivity contribution < 1.29 is 9.53 Å². The SMILES string of the molecule is COc1cccc(CCNc2ncc(C(=O)N3c4ccccc4CC3C)cn2)c1. The van der Waals surface area contributed by atoms with Crippen LogP contribution in [0.2, 0.25) is 0 Å². The van der Waals surface area contributed by atoms with Gasteiger partial charge in [0.15, 0.2) is 0 Å². The fourth-order valence-electron chi connectivity index (χ4n) is 3.69. The van der Waals surface area contributed by atoms with Gasteiger partial charge in [-0.1, -0.05) is 30.3 Å². The van der Waals surface area contributed by atoms with E-state index in [9.17, 15) is 4.79 Å². The van der Waals surface area contributed by atoms with Crippen molar-refractivity contribution in [1.29, 1.82) is 0 Å². The fraction of sp³-hybridized carbons (Fsp3) is 0.261. The van der Waals surface area contributed by atoms with Crippen LogP contribution < -0.4 is 15.0 Å². The van der Waals surface area contributed by atoms with Gasteiger partial charge in [-0.3, -0.25) is 4.79 Å². The minimum Gasteiger partial charge on any atom is -0.497 e. The molecule has 0 fully saturated rings. The van der Waals surface area contributed by atoms with Crippen LogP contribution in [0.3, 0.4) is 0 Å². The van der Waals surface area contributed by atoms with Gasteiger partial charge < -0.3 is 15.0 Å². The second-order valence-electron chi connectivity index (χ2n) is 7.18. The molecule has 3 aromatic rings. The van der Waals surface area contributed by atoms with Crippen LogP contribution in [0.4, 0.5) is 11.6 Å². The van der Waals surface area contributed by atoms with Crippen molar-refractivity contribution in [3.8, 4) is 5.75 Å². The molecule has 0 spiro atoms. The average Bonchev–Trinajstić information content (AvgIpc) is 3.09. The zero-order valence-electron chi connectivity index (χ0n) is 16.6. The largest absolute Gasteiger partial charge is 0.497 e. The van der Waals surface area contributed by atoms with Gasteiger partial charge in [0.05, 0.1) is 12.7 Å². The summed E-state index contributed by atoms with van der Waals surface area (Å²) in [6.45, 7) is 2.75. The van der Waals surface area contributed by atoms with Crippen LogP contribution in [0, 0.1) is 0 Å². The quantitative estimate of drug-likeness (QED) is 0.697. The van der Waals surface area contributed by atoms with E-state index in [-0.39, 0.29) is 11.9 Å². The summed E-state index contributed by atoms with van der Waals surface area (Å²) < 4.78 is 5.25. The first-order valence-electron chi connectivity index (χ1n) is 9.76. The van der Waals surface area contributed by atoms with E-state index in [0.29, 0.717) is 18.1 Å². The standard InChI is InChI=1S/C23H24N4O2/c1-16-12-18-7-3-4-9-21(18)27(16)22(28)19-14-25-23(26-15-19)24-11-10-17-6-5-8-20(13-17)29-2/h3-9,13-16H,10-12H2,1-2H3,(H,24,25,26). The highest BCUT2D eigenvalue weighted by Gasteiger charge is 2.31. The Bertz CT molecular complexity index is 1000. The first kappa shape index (κ1) is 18.9. The lowest BCUT2D eigenvalue weighted by Gasteiger charge is -2.22. The Labute approximate surface area is 170 Å². The molecule has 0 aliphatic carbocycles. The molecular weight excluding hydrogens is 364 g/mol. The number of carbonyl (C=O) groups is 1. The van der Waals surface area contributed by atoms with Gasteiger partial charge in [-0.25, -0.2) is 9.97 Å². The first-order valence-corrected chi connectivity index (χ1v) is 9.76. The summed E-state index contributed by atoms with van der Waals surface area (Å²) in [6.07, 6.45) is 4.88. The lowest BCUT2D eigenvalue weighted by atomic mass is 10.1. The van der Waals surface area contributed by atoms with E-state index >= 15 is 0 Å². The molecule has 4 rings (SSSR count). The molecule has 148 valence electrons. The van der Waals surface area contributed by atoms with Crippen molar-refractivity contribution in [2.45, 2.75) is 25.8 Å². The fourth-order valence-corrected chi connectivity index (χ4v) is 3.69. The molecule has 0 radical (unpaired) electrons. The topological polar surface area (TPSA) is 67.3 Å². The predicted octanol–water partition coefficient (Wildman–Crippen LogP) is 3.73. The third-order valence-electron chi connectivity index (χ3n) is 5.16. The number of benzene rings is 2. The van der Waals surface area contributed by atoms with E-state index in [1.807, 2.05) is 41.3 Å². The van der Waals surface area contributed by atoms with Gasteiger partial charge >= 0.3 is 0 Å². The summed E-state index contributed by atoms with van der Waals surface area (Å²) in [7, 11) is 1.66. The van der Waals surface area contributed by atoms with Crippen molar-refractivity contribution >= 4 is 17.5 Å². The number of carbonyl (C=O) groups excluding carboxylic acids is 1. The molecule has 1 atom stereocenters. The maximum absolute atomic E-state index is 13.0. The van der Waals surface area contributed by atoms with Crippen molar-refractivity contribution in [3.05, 3.63) is 77.6 Å². The highest BCUT2D eigenvalue weighted by Crippen LogP contribution is 2.32. The Morgan fingerprint density at radius 3 is 2.76 bits per heavy atom. The number of ether oxygens (including phenoxy) is 1. The van der Waals surface area contributed by atoms with Crippen LogP contribution >= 0.6 is 0 Å². The van der Waals surface area contributed by atoms with E-state index in [4.69, 9.17) is 4.74 Å². The third-order valence-corrected chi connectivity index (χ3v) is 5.16. The highest BCUT2D eigenvalue weighted by atomic mass is 16.5. The van der Waals surface area contributed by atoms with E-state index in [1.54, 1.807) is 19.5 Å². The summed E-state index contributed by atoms with van der Waals surface area (Å²) in [5.74, 6) is 1.30. The van der Waals surface area contributed by atoms with Gasteiger partial charge in [0, 0.05) is 30.7 Å². The van der Waals surface area contributed by atoms with Crippen LogP contribution in [-0.2, 0) is 12.8 Å². The molecule has 2 aromatic carbocycles. The molecule has 1 aliphatic heterocycles.